The number of carbonyl (C=O) groups is 2. The fourth-order valence-corrected chi connectivity index (χ4v) is 4.44. The van der Waals surface area contributed by atoms with E-state index < -0.39 is 5.91 Å². The number of nitrogens with one attached hydrogen (secondary N) is 1. The van der Waals surface area contributed by atoms with Gasteiger partial charge in [0.2, 0.25) is 0 Å². The molecule has 1 unspecified atom stereocenters. The van der Waals surface area contributed by atoms with E-state index in [1.807, 2.05) is 42.2 Å². The molecule has 7 heteroatoms. The molecule has 0 radical (unpaired) electrons. The lowest BCUT2D eigenvalue weighted by Gasteiger charge is -2.23. The molecule has 0 spiro atoms. The highest BCUT2D eigenvalue weighted by Crippen LogP contribution is 2.36. The number of thiophene rings is 1. The van der Waals surface area contributed by atoms with Crippen molar-refractivity contribution in [3.05, 3.63) is 63.5 Å². The lowest BCUT2D eigenvalue weighted by atomic mass is 10.1. The zero-order valence-corrected chi connectivity index (χ0v) is 15.8. The largest absolute Gasteiger partial charge is 0.365 e. The number of hydrogen-bond acceptors (Lipinski definition) is 4. The number of nitrogens with zero attached hydrogens (tertiary/aromatic N) is 2. The van der Waals surface area contributed by atoms with Gasteiger partial charge < -0.3 is 10.6 Å². The molecule has 1 aliphatic rings. The zero-order valence-electron chi connectivity index (χ0n) is 14.9. The molecule has 0 saturated carbocycles. The van der Waals surface area contributed by atoms with Gasteiger partial charge in [-0.05, 0) is 38.0 Å². The molecule has 1 aromatic carbocycles. The van der Waals surface area contributed by atoms with Gasteiger partial charge in [0, 0.05) is 17.0 Å². The van der Waals surface area contributed by atoms with Crippen molar-refractivity contribution in [3.8, 4) is 11.3 Å². The van der Waals surface area contributed by atoms with Gasteiger partial charge in [-0.25, -0.2) is 0 Å². The van der Waals surface area contributed by atoms with Crippen LogP contribution in [-0.4, -0.2) is 33.5 Å². The summed E-state index contributed by atoms with van der Waals surface area (Å²) in [6.07, 6.45) is 1.81. The molecule has 4 rings (SSSR count). The van der Waals surface area contributed by atoms with Gasteiger partial charge in [0.1, 0.15) is 5.69 Å². The number of primary amides is 1. The van der Waals surface area contributed by atoms with E-state index in [-0.39, 0.29) is 11.9 Å². The number of likely N-dealkylation sites (tertiary alicyclic amines) is 1. The molecule has 1 aliphatic heterocycles. The Labute approximate surface area is 161 Å². The summed E-state index contributed by atoms with van der Waals surface area (Å²) in [4.78, 5) is 27.8. The van der Waals surface area contributed by atoms with Crippen LogP contribution in [0.2, 0.25) is 0 Å². The molecule has 2 amide bonds. The molecule has 6 nitrogen and oxygen atoms in total. The van der Waals surface area contributed by atoms with Crippen LogP contribution >= 0.6 is 11.3 Å². The van der Waals surface area contributed by atoms with Crippen molar-refractivity contribution in [2.24, 2.45) is 5.73 Å². The molecule has 0 bridgehead atoms. The van der Waals surface area contributed by atoms with Crippen LogP contribution in [0, 0.1) is 6.92 Å². The van der Waals surface area contributed by atoms with Crippen molar-refractivity contribution in [1.29, 1.82) is 0 Å². The Balaban J connectivity index is 1.56. The van der Waals surface area contributed by atoms with Crippen LogP contribution in [0.1, 0.15) is 49.5 Å². The fraction of sp³-hybridized carbons (Fsp3) is 0.250. The number of H-pyrrole nitrogens is 1. The molecule has 0 aliphatic carbocycles. The van der Waals surface area contributed by atoms with Gasteiger partial charge in [-0.15, -0.1) is 11.3 Å². The van der Waals surface area contributed by atoms with Crippen LogP contribution in [0.3, 0.4) is 0 Å². The van der Waals surface area contributed by atoms with Crippen LogP contribution in [-0.2, 0) is 0 Å². The number of nitrogens with two attached hydrogens (primary N) is 1. The molecule has 3 heterocycles. The van der Waals surface area contributed by atoms with Crippen molar-refractivity contribution in [2.75, 3.05) is 6.54 Å². The maximum Gasteiger partial charge on any atom is 0.272 e. The van der Waals surface area contributed by atoms with Crippen molar-refractivity contribution in [2.45, 2.75) is 25.8 Å². The molecule has 3 N–H and O–H groups in total. The lowest BCUT2D eigenvalue weighted by Crippen LogP contribution is -2.30. The molecule has 138 valence electrons. The highest BCUT2D eigenvalue weighted by Gasteiger charge is 2.32. The number of carbonyl (C=O) groups excluding carboxylic acids is 2. The van der Waals surface area contributed by atoms with Crippen molar-refractivity contribution < 1.29 is 9.59 Å². The third-order valence-electron chi connectivity index (χ3n) is 4.87. The summed E-state index contributed by atoms with van der Waals surface area (Å²) in [5, 5.41) is 7.18. The molecule has 27 heavy (non-hydrogen) atoms. The SMILES string of the molecule is Cc1ccc(-c2cc(C(=O)N3CCCC3c3ccc(C(N)=O)s3)[nH]n2)cc1. The topological polar surface area (TPSA) is 92.1 Å². The minimum atomic E-state index is -0.432. The van der Waals surface area contributed by atoms with Crippen LogP contribution < -0.4 is 5.73 Å². The van der Waals surface area contributed by atoms with Gasteiger partial charge in [-0.1, -0.05) is 29.8 Å². The van der Waals surface area contributed by atoms with Crippen molar-refractivity contribution in [1.82, 2.24) is 15.1 Å². The van der Waals surface area contributed by atoms with Crippen LogP contribution in [0.25, 0.3) is 11.3 Å². The van der Waals surface area contributed by atoms with Gasteiger partial charge in [0.25, 0.3) is 11.8 Å². The van der Waals surface area contributed by atoms with E-state index in [0.29, 0.717) is 17.1 Å². The number of aromatic amines is 1. The van der Waals surface area contributed by atoms with Gasteiger partial charge in [-0.3, -0.25) is 14.7 Å². The average Bonchev–Trinajstić information content (AvgIpc) is 3.40. The molecule has 1 fully saturated rings. The third-order valence-corrected chi connectivity index (χ3v) is 6.07. The summed E-state index contributed by atoms with van der Waals surface area (Å²) < 4.78 is 0. The Morgan fingerprint density at radius 3 is 2.70 bits per heavy atom. The summed E-state index contributed by atoms with van der Waals surface area (Å²) in [5.74, 6) is -0.504. The smallest absolute Gasteiger partial charge is 0.272 e. The number of hydrogen-bond donors (Lipinski definition) is 2. The summed E-state index contributed by atoms with van der Waals surface area (Å²) in [7, 11) is 0. The minimum Gasteiger partial charge on any atom is -0.365 e. The first-order chi connectivity index (χ1) is 13.0. The quantitative estimate of drug-likeness (QED) is 0.725. The van der Waals surface area contributed by atoms with E-state index in [1.54, 1.807) is 12.1 Å². The van der Waals surface area contributed by atoms with E-state index in [2.05, 4.69) is 10.2 Å². The first kappa shape index (κ1) is 17.5. The first-order valence-corrected chi connectivity index (χ1v) is 9.67. The van der Waals surface area contributed by atoms with Crippen molar-refractivity contribution >= 4 is 23.2 Å². The van der Waals surface area contributed by atoms with Crippen LogP contribution in [0.5, 0.6) is 0 Å². The number of aromatic nitrogens is 2. The second-order valence-electron chi connectivity index (χ2n) is 6.76. The second-order valence-corrected chi connectivity index (χ2v) is 7.87. The molecular formula is C20H20N4O2S. The maximum absolute atomic E-state index is 13.0. The molecule has 1 saturated heterocycles. The second kappa shape index (κ2) is 7.00. The van der Waals surface area contributed by atoms with E-state index in [4.69, 9.17) is 5.73 Å². The van der Waals surface area contributed by atoms with Gasteiger partial charge >= 0.3 is 0 Å². The highest BCUT2D eigenvalue weighted by atomic mass is 32.1. The minimum absolute atomic E-state index is 0.0262. The summed E-state index contributed by atoms with van der Waals surface area (Å²) >= 11 is 1.36. The standard InChI is InChI=1S/C20H20N4O2S/c1-12-4-6-13(7-5-12)14-11-15(23-22-14)20(26)24-10-2-3-16(24)17-8-9-18(27-17)19(21)25/h4-9,11,16H,2-3,10H2,1H3,(H2,21,25)(H,22,23). The van der Waals surface area contributed by atoms with Gasteiger partial charge in [0.15, 0.2) is 0 Å². The summed E-state index contributed by atoms with van der Waals surface area (Å²) in [6.45, 7) is 2.72. The normalized spacial score (nSPS) is 16.6. The van der Waals surface area contributed by atoms with Crippen LogP contribution in [0.15, 0.2) is 42.5 Å². The highest BCUT2D eigenvalue weighted by molar-refractivity contribution is 7.14. The Morgan fingerprint density at radius 1 is 1.22 bits per heavy atom. The summed E-state index contributed by atoms with van der Waals surface area (Å²) in [6, 6.07) is 13.4. The Morgan fingerprint density at radius 2 is 2.00 bits per heavy atom. The van der Waals surface area contributed by atoms with Crippen LogP contribution in [0.4, 0.5) is 0 Å². The average molecular weight is 380 g/mol. The Kier molecular flexibility index (Phi) is 4.53. The predicted molar refractivity (Wildman–Crippen MR) is 105 cm³/mol. The number of rotatable bonds is 4. The third kappa shape index (κ3) is 3.38. The first-order valence-electron chi connectivity index (χ1n) is 8.86. The Bertz CT molecular complexity index is 990. The monoisotopic (exact) mass is 380 g/mol. The van der Waals surface area contributed by atoms with E-state index in [1.165, 1.54) is 16.9 Å². The van der Waals surface area contributed by atoms with Gasteiger partial charge in [-0.2, -0.15) is 5.10 Å². The Hall–Kier alpha value is -2.93. The summed E-state index contributed by atoms with van der Waals surface area (Å²) in [5.41, 5.74) is 8.73. The van der Waals surface area contributed by atoms with Crippen molar-refractivity contribution in [3.63, 3.8) is 0 Å². The van der Waals surface area contributed by atoms with E-state index >= 15 is 0 Å². The number of aryl methyl sites for hydroxylation is 1. The fourth-order valence-electron chi connectivity index (χ4n) is 3.43. The van der Waals surface area contributed by atoms with E-state index in [9.17, 15) is 9.59 Å². The number of amides is 2. The molecular weight excluding hydrogens is 360 g/mol. The molecule has 2 aromatic heterocycles. The molecule has 1 atom stereocenters. The maximum atomic E-state index is 13.0. The predicted octanol–water partition coefficient (Wildman–Crippen LogP) is 3.52. The van der Waals surface area contributed by atoms with E-state index in [0.717, 1.165) is 29.0 Å². The lowest BCUT2D eigenvalue weighted by molar-refractivity contribution is 0.0731. The number of benzene rings is 1. The zero-order chi connectivity index (χ0) is 19.0. The van der Waals surface area contributed by atoms with Gasteiger partial charge in [0.05, 0.1) is 16.6 Å². The molecule has 3 aromatic rings.